The molecule has 2 aromatic rings. The molecule has 0 aliphatic carbocycles. The number of fused-ring (bicyclic) bond motifs is 1. The van der Waals surface area contributed by atoms with E-state index in [9.17, 15) is 13.2 Å². The Hall–Kier alpha value is -2.78. The van der Waals surface area contributed by atoms with E-state index in [4.69, 9.17) is 9.47 Å². The first kappa shape index (κ1) is 22.4. The van der Waals surface area contributed by atoms with Gasteiger partial charge in [-0.3, -0.25) is 14.0 Å². The number of carbonyl (C=O) groups is 1. The third kappa shape index (κ3) is 4.83. The average Bonchev–Trinajstić information content (AvgIpc) is 3.22. The van der Waals surface area contributed by atoms with Gasteiger partial charge in [-0.1, -0.05) is 23.8 Å². The number of nitrogens with zero attached hydrogens (tertiary/aromatic N) is 3. The van der Waals surface area contributed by atoms with Gasteiger partial charge in [-0.15, -0.1) is 0 Å². The van der Waals surface area contributed by atoms with E-state index >= 15 is 0 Å². The number of amides is 1. The van der Waals surface area contributed by atoms with Crippen LogP contribution >= 0.6 is 0 Å². The third-order valence-electron chi connectivity index (χ3n) is 5.88. The third-order valence-corrected chi connectivity index (χ3v) is 7.12. The van der Waals surface area contributed by atoms with Crippen molar-refractivity contribution in [2.75, 3.05) is 43.5 Å². The molecule has 0 spiro atoms. The minimum Gasteiger partial charge on any atom is -0.454 e. The van der Waals surface area contributed by atoms with Crippen molar-refractivity contribution in [1.82, 2.24) is 9.80 Å². The number of hydrogen-bond donors (Lipinski definition) is 0. The molecule has 4 rings (SSSR count). The lowest BCUT2D eigenvalue weighted by Gasteiger charge is -2.38. The molecule has 0 saturated carbocycles. The zero-order valence-corrected chi connectivity index (χ0v) is 19.5. The lowest BCUT2D eigenvalue weighted by atomic mass is 10.1. The summed E-state index contributed by atoms with van der Waals surface area (Å²) in [6.45, 7) is 7.15. The lowest BCUT2D eigenvalue weighted by Crippen LogP contribution is -2.55. The molecule has 32 heavy (non-hydrogen) atoms. The van der Waals surface area contributed by atoms with Gasteiger partial charge >= 0.3 is 0 Å². The van der Waals surface area contributed by atoms with Crippen LogP contribution in [0.4, 0.5) is 5.69 Å². The zero-order chi connectivity index (χ0) is 22.9. The Bertz CT molecular complexity index is 1080. The van der Waals surface area contributed by atoms with Crippen molar-refractivity contribution in [2.24, 2.45) is 0 Å². The summed E-state index contributed by atoms with van der Waals surface area (Å²) in [7, 11) is -3.62. The van der Waals surface area contributed by atoms with E-state index in [1.165, 1.54) is 4.31 Å². The van der Waals surface area contributed by atoms with Crippen LogP contribution in [0, 0.1) is 6.92 Å². The smallest absolute Gasteiger partial charge is 0.246 e. The Balaban J connectivity index is 1.39. The van der Waals surface area contributed by atoms with E-state index in [2.05, 4.69) is 4.90 Å². The Morgan fingerprint density at radius 1 is 1.03 bits per heavy atom. The van der Waals surface area contributed by atoms with E-state index in [-0.39, 0.29) is 12.7 Å². The normalized spacial score (nSPS) is 17.3. The highest BCUT2D eigenvalue weighted by Crippen LogP contribution is 2.33. The van der Waals surface area contributed by atoms with Crippen molar-refractivity contribution < 1.29 is 22.7 Å². The molecule has 8 nitrogen and oxygen atoms in total. The molecule has 0 bridgehead atoms. The Labute approximate surface area is 189 Å². The molecule has 1 amide bonds. The molecule has 2 aliphatic rings. The fraction of sp³-hybridized carbons (Fsp3) is 0.435. The predicted molar refractivity (Wildman–Crippen MR) is 122 cm³/mol. The van der Waals surface area contributed by atoms with E-state index in [0.29, 0.717) is 18.8 Å². The number of carbonyl (C=O) groups excluding carboxylic acids is 1. The number of piperazine rings is 1. The molecule has 1 fully saturated rings. The molecular weight excluding hydrogens is 430 g/mol. The largest absolute Gasteiger partial charge is 0.454 e. The number of ether oxygens (including phenoxy) is 2. The average molecular weight is 460 g/mol. The fourth-order valence-electron chi connectivity index (χ4n) is 4.18. The first-order valence-electron chi connectivity index (χ1n) is 10.7. The summed E-state index contributed by atoms with van der Waals surface area (Å²) in [4.78, 5) is 17.2. The molecule has 0 unspecified atom stereocenters. The molecule has 9 heteroatoms. The van der Waals surface area contributed by atoms with Gasteiger partial charge in [0, 0.05) is 32.7 Å². The summed E-state index contributed by atoms with van der Waals surface area (Å²) in [6, 6.07) is 12.3. The van der Waals surface area contributed by atoms with Gasteiger partial charge in [0.05, 0.1) is 11.9 Å². The van der Waals surface area contributed by atoms with Gasteiger partial charge in [-0.05, 0) is 43.7 Å². The predicted octanol–water partition coefficient (Wildman–Crippen LogP) is 2.22. The lowest BCUT2D eigenvalue weighted by molar-refractivity contribution is -0.133. The van der Waals surface area contributed by atoms with E-state index in [1.54, 1.807) is 24.0 Å². The zero-order valence-electron chi connectivity index (χ0n) is 18.7. The fourth-order valence-corrected chi connectivity index (χ4v) is 5.35. The molecule has 1 saturated heterocycles. The second-order valence-corrected chi connectivity index (χ2v) is 10.2. The Kier molecular flexibility index (Phi) is 6.30. The van der Waals surface area contributed by atoms with Crippen molar-refractivity contribution in [1.29, 1.82) is 0 Å². The summed E-state index contributed by atoms with van der Waals surface area (Å²) < 4.78 is 37.0. The summed E-state index contributed by atoms with van der Waals surface area (Å²) in [6.07, 6.45) is 1.14. The van der Waals surface area contributed by atoms with Crippen molar-refractivity contribution in [3.63, 3.8) is 0 Å². The molecule has 2 aliphatic heterocycles. The maximum atomic E-state index is 13.2. The molecule has 0 N–H and O–H groups in total. The molecule has 1 atom stereocenters. The standard InChI is InChI=1S/C23H29N3O5S/c1-17-4-7-20(8-5-17)26(32(3,28)29)18(2)23(27)25-12-10-24(11-13-25)15-19-6-9-21-22(14-19)31-16-30-21/h4-9,14,18H,10-13,15-16H2,1-3H3/t18-/m0/s1. The molecular formula is C23H29N3O5S. The van der Waals surface area contributed by atoms with Gasteiger partial charge in [-0.25, -0.2) is 8.42 Å². The Morgan fingerprint density at radius 2 is 1.69 bits per heavy atom. The highest BCUT2D eigenvalue weighted by Gasteiger charge is 2.33. The highest BCUT2D eigenvalue weighted by molar-refractivity contribution is 7.92. The Morgan fingerprint density at radius 3 is 2.34 bits per heavy atom. The van der Waals surface area contributed by atoms with Gasteiger partial charge in [-0.2, -0.15) is 0 Å². The number of rotatable bonds is 6. The molecule has 2 heterocycles. The van der Waals surface area contributed by atoms with E-state index in [0.717, 1.165) is 48.5 Å². The maximum Gasteiger partial charge on any atom is 0.246 e. The summed E-state index contributed by atoms with van der Waals surface area (Å²) in [5.41, 5.74) is 2.66. The number of hydrogen-bond acceptors (Lipinski definition) is 6. The van der Waals surface area contributed by atoms with Gasteiger partial charge in [0.1, 0.15) is 6.04 Å². The minimum absolute atomic E-state index is 0.182. The summed E-state index contributed by atoms with van der Waals surface area (Å²) in [5.74, 6) is 1.35. The summed E-state index contributed by atoms with van der Waals surface area (Å²) >= 11 is 0. The van der Waals surface area contributed by atoms with Crippen LogP contribution < -0.4 is 13.8 Å². The molecule has 0 radical (unpaired) electrons. The monoisotopic (exact) mass is 459 g/mol. The SMILES string of the molecule is Cc1ccc(N([C@@H](C)C(=O)N2CCN(Cc3ccc4c(c3)OCO4)CC2)S(C)(=O)=O)cc1. The first-order chi connectivity index (χ1) is 15.2. The van der Waals surface area contributed by atoms with Gasteiger partial charge in [0.25, 0.3) is 0 Å². The number of aryl methyl sites for hydroxylation is 1. The molecule has 172 valence electrons. The van der Waals surface area contributed by atoms with Crippen LogP contribution in [-0.4, -0.2) is 69.4 Å². The number of benzene rings is 2. The number of anilines is 1. The minimum atomic E-state index is -3.62. The number of sulfonamides is 1. The summed E-state index contributed by atoms with van der Waals surface area (Å²) in [5, 5.41) is 0. The van der Waals surface area contributed by atoms with Crippen LogP contribution in [0.5, 0.6) is 11.5 Å². The van der Waals surface area contributed by atoms with E-state index in [1.807, 2.05) is 37.3 Å². The van der Waals surface area contributed by atoms with Crippen molar-refractivity contribution in [2.45, 2.75) is 26.4 Å². The second-order valence-electron chi connectivity index (χ2n) is 8.36. The van der Waals surface area contributed by atoms with Crippen LogP contribution in [0.25, 0.3) is 0 Å². The molecule has 0 aromatic heterocycles. The highest BCUT2D eigenvalue weighted by atomic mass is 32.2. The van der Waals surface area contributed by atoms with Crippen LogP contribution in [0.1, 0.15) is 18.1 Å². The topological polar surface area (TPSA) is 79.4 Å². The quantitative estimate of drug-likeness (QED) is 0.659. The van der Waals surface area contributed by atoms with Crippen molar-refractivity contribution in [3.05, 3.63) is 53.6 Å². The van der Waals surface area contributed by atoms with Crippen LogP contribution in [0.15, 0.2) is 42.5 Å². The van der Waals surface area contributed by atoms with Gasteiger partial charge < -0.3 is 14.4 Å². The van der Waals surface area contributed by atoms with Crippen LogP contribution in [0.2, 0.25) is 0 Å². The van der Waals surface area contributed by atoms with E-state index < -0.39 is 16.1 Å². The second kappa shape index (κ2) is 8.99. The van der Waals surface area contributed by atoms with Crippen LogP contribution in [-0.2, 0) is 21.4 Å². The van der Waals surface area contributed by atoms with Crippen molar-refractivity contribution in [3.8, 4) is 11.5 Å². The van der Waals surface area contributed by atoms with Crippen molar-refractivity contribution >= 4 is 21.6 Å². The van der Waals surface area contributed by atoms with Gasteiger partial charge in [0.15, 0.2) is 11.5 Å². The van der Waals surface area contributed by atoms with Gasteiger partial charge in [0.2, 0.25) is 22.7 Å². The first-order valence-corrected chi connectivity index (χ1v) is 12.5. The maximum absolute atomic E-state index is 13.2. The molecule has 2 aromatic carbocycles. The van der Waals surface area contributed by atoms with Crippen LogP contribution in [0.3, 0.4) is 0 Å².